The van der Waals surface area contributed by atoms with E-state index in [2.05, 4.69) is 10.6 Å². The van der Waals surface area contributed by atoms with E-state index in [4.69, 9.17) is 0 Å². The Hall–Kier alpha value is -3.49. The highest BCUT2D eigenvalue weighted by Gasteiger charge is 2.32. The molecule has 1 aliphatic rings. The Kier molecular flexibility index (Phi) is 7.94. The number of anilines is 1. The van der Waals surface area contributed by atoms with Crippen LogP contribution in [0.4, 0.5) is 5.69 Å². The number of hydrogen-bond acceptors (Lipinski definition) is 4. The summed E-state index contributed by atoms with van der Waals surface area (Å²) in [6, 6.07) is 25.1. The van der Waals surface area contributed by atoms with Crippen molar-refractivity contribution in [3.63, 3.8) is 0 Å². The van der Waals surface area contributed by atoms with Crippen molar-refractivity contribution in [1.29, 1.82) is 0 Å². The van der Waals surface area contributed by atoms with Gasteiger partial charge in [0.05, 0.1) is 16.1 Å². The first-order valence-electron chi connectivity index (χ1n) is 11.7. The van der Waals surface area contributed by atoms with Crippen molar-refractivity contribution in [3.05, 3.63) is 96.1 Å². The Morgan fingerprint density at radius 2 is 1.43 bits per heavy atom. The van der Waals surface area contributed by atoms with Gasteiger partial charge in [0.25, 0.3) is 5.91 Å². The molecule has 0 unspecified atom stereocenters. The van der Waals surface area contributed by atoms with Crippen molar-refractivity contribution < 1.29 is 18.0 Å². The summed E-state index contributed by atoms with van der Waals surface area (Å²) >= 11 is 0. The molecule has 3 aromatic rings. The molecular formula is C27H29N3O4S. The molecule has 182 valence electrons. The van der Waals surface area contributed by atoms with Gasteiger partial charge in [0, 0.05) is 25.6 Å². The number of amides is 2. The summed E-state index contributed by atoms with van der Waals surface area (Å²) in [6.45, 7) is 1.04. The number of rotatable bonds is 8. The topological polar surface area (TPSA) is 95.6 Å². The largest absolute Gasteiger partial charge is 0.352 e. The molecular weight excluding hydrogens is 462 g/mol. The van der Waals surface area contributed by atoms with Crippen LogP contribution in [-0.2, 0) is 21.2 Å². The highest BCUT2D eigenvalue weighted by Crippen LogP contribution is 2.25. The molecule has 1 heterocycles. The van der Waals surface area contributed by atoms with E-state index in [1.807, 2.05) is 30.3 Å². The minimum atomic E-state index is -3.57. The van der Waals surface area contributed by atoms with Crippen LogP contribution in [-0.4, -0.2) is 44.2 Å². The second-order valence-corrected chi connectivity index (χ2v) is 10.5. The molecule has 1 aliphatic heterocycles. The summed E-state index contributed by atoms with van der Waals surface area (Å²) in [6.07, 6.45) is 1.55. The molecule has 3 aromatic carbocycles. The van der Waals surface area contributed by atoms with E-state index in [0.29, 0.717) is 37.1 Å². The van der Waals surface area contributed by atoms with Crippen molar-refractivity contribution in [1.82, 2.24) is 9.62 Å². The van der Waals surface area contributed by atoms with Crippen LogP contribution in [0.1, 0.15) is 28.8 Å². The minimum absolute atomic E-state index is 0.203. The lowest BCUT2D eigenvalue weighted by atomic mass is 9.97. The number of carbonyl (C=O) groups excluding carboxylic acids is 2. The van der Waals surface area contributed by atoms with E-state index >= 15 is 0 Å². The number of sulfonamides is 1. The smallest absolute Gasteiger partial charge is 0.253 e. The van der Waals surface area contributed by atoms with Gasteiger partial charge in [-0.2, -0.15) is 4.31 Å². The fourth-order valence-corrected chi connectivity index (χ4v) is 5.68. The number of piperidine rings is 1. The maximum atomic E-state index is 13.0. The third-order valence-corrected chi connectivity index (χ3v) is 8.09. The van der Waals surface area contributed by atoms with Crippen LogP contribution in [0, 0.1) is 5.92 Å². The Balaban J connectivity index is 1.33. The molecule has 8 heteroatoms. The Morgan fingerprint density at radius 3 is 2.11 bits per heavy atom. The van der Waals surface area contributed by atoms with E-state index in [1.54, 1.807) is 54.6 Å². The molecule has 0 aromatic heterocycles. The third-order valence-electron chi connectivity index (χ3n) is 6.18. The first-order chi connectivity index (χ1) is 16.9. The summed E-state index contributed by atoms with van der Waals surface area (Å²) in [5, 5.41) is 5.80. The average molecular weight is 492 g/mol. The van der Waals surface area contributed by atoms with Crippen molar-refractivity contribution in [3.8, 4) is 0 Å². The highest BCUT2D eigenvalue weighted by atomic mass is 32.2. The predicted molar refractivity (Wildman–Crippen MR) is 135 cm³/mol. The zero-order valence-corrected chi connectivity index (χ0v) is 20.2. The molecule has 2 amide bonds. The molecule has 0 atom stereocenters. The zero-order valence-electron chi connectivity index (χ0n) is 19.4. The first-order valence-corrected chi connectivity index (χ1v) is 13.2. The van der Waals surface area contributed by atoms with E-state index in [0.717, 1.165) is 5.56 Å². The summed E-state index contributed by atoms with van der Waals surface area (Å²) in [5.74, 6) is -0.779. The quantitative estimate of drug-likeness (QED) is 0.502. The second kappa shape index (κ2) is 11.3. The summed E-state index contributed by atoms with van der Waals surface area (Å²) in [4.78, 5) is 26.0. The van der Waals surface area contributed by atoms with Crippen LogP contribution in [0.15, 0.2) is 89.8 Å². The highest BCUT2D eigenvalue weighted by molar-refractivity contribution is 7.89. The second-order valence-electron chi connectivity index (χ2n) is 8.52. The van der Waals surface area contributed by atoms with Crippen LogP contribution < -0.4 is 10.6 Å². The molecule has 2 N–H and O–H groups in total. The monoisotopic (exact) mass is 491 g/mol. The SMILES string of the molecule is O=C(NCCc1ccccc1)c1ccccc1NC(=O)C1CCN(S(=O)(=O)c2ccccc2)CC1. The standard InChI is InChI=1S/C27H29N3O4S/c31-26(22-16-19-30(20-17-22)35(33,34)23-11-5-2-6-12-23)29-25-14-8-7-13-24(25)27(32)28-18-15-21-9-3-1-4-10-21/h1-14,22H,15-20H2,(H,28,32)(H,29,31). The molecule has 0 bridgehead atoms. The fourth-order valence-electron chi connectivity index (χ4n) is 4.19. The number of para-hydroxylation sites is 1. The van der Waals surface area contributed by atoms with Gasteiger partial charge in [0.2, 0.25) is 15.9 Å². The molecule has 1 saturated heterocycles. The van der Waals surface area contributed by atoms with Crippen LogP contribution in [0.25, 0.3) is 0 Å². The van der Waals surface area contributed by atoms with Gasteiger partial charge >= 0.3 is 0 Å². The van der Waals surface area contributed by atoms with E-state index < -0.39 is 10.0 Å². The van der Waals surface area contributed by atoms with Gasteiger partial charge in [0.15, 0.2) is 0 Å². The zero-order chi connectivity index (χ0) is 24.7. The fraction of sp³-hybridized carbons (Fsp3) is 0.259. The molecule has 4 rings (SSSR count). The van der Waals surface area contributed by atoms with Gasteiger partial charge in [-0.25, -0.2) is 8.42 Å². The first kappa shape index (κ1) is 24.6. The van der Waals surface area contributed by atoms with Crippen LogP contribution in [0.5, 0.6) is 0 Å². The molecule has 0 aliphatic carbocycles. The summed E-state index contributed by atoms with van der Waals surface area (Å²) in [5.41, 5.74) is 1.99. The maximum Gasteiger partial charge on any atom is 0.253 e. The van der Waals surface area contributed by atoms with Crippen molar-refractivity contribution >= 4 is 27.5 Å². The van der Waals surface area contributed by atoms with Gasteiger partial charge in [-0.3, -0.25) is 9.59 Å². The summed E-state index contributed by atoms with van der Waals surface area (Å²) < 4.78 is 27.1. The van der Waals surface area contributed by atoms with Crippen molar-refractivity contribution in [2.75, 3.05) is 25.0 Å². The van der Waals surface area contributed by atoms with Crippen LogP contribution >= 0.6 is 0 Å². The van der Waals surface area contributed by atoms with Gasteiger partial charge < -0.3 is 10.6 Å². The lowest BCUT2D eigenvalue weighted by Gasteiger charge is -2.30. The Bertz CT molecular complexity index is 1260. The number of nitrogens with zero attached hydrogens (tertiary/aromatic N) is 1. The third kappa shape index (κ3) is 6.15. The molecule has 1 fully saturated rings. The lowest BCUT2D eigenvalue weighted by molar-refractivity contribution is -0.120. The van der Waals surface area contributed by atoms with Crippen LogP contribution in [0.3, 0.4) is 0 Å². The van der Waals surface area contributed by atoms with Crippen molar-refractivity contribution in [2.45, 2.75) is 24.2 Å². The number of nitrogens with one attached hydrogen (secondary N) is 2. The number of hydrogen-bond donors (Lipinski definition) is 2. The normalized spacial score (nSPS) is 14.9. The number of benzene rings is 3. The molecule has 0 saturated carbocycles. The van der Waals surface area contributed by atoms with Crippen LogP contribution in [0.2, 0.25) is 0 Å². The van der Waals surface area contributed by atoms with Gasteiger partial charge in [0.1, 0.15) is 0 Å². The minimum Gasteiger partial charge on any atom is -0.352 e. The van der Waals surface area contributed by atoms with Gasteiger partial charge in [-0.1, -0.05) is 60.7 Å². The summed E-state index contributed by atoms with van der Waals surface area (Å²) in [7, 11) is -3.57. The van der Waals surface area contributed by atoms with Gasteiger partial charge in [-0.15, -0.1) is 0 Å². The lowest BCUT2D eigenvalue weighted by Crippen LogP contribution is -2.41. The average Bonchev–Trinajstić information content (AvgIpc) is 2.90. The number of carbonyl (C=O) groups is 2. The van der Waals surface area contributed by atoms with E-state index in [9.17, 15) is 18.0 Å². The molecule has 7 nitrogen and oxygen atoms in total. The maximum absolute atomic E-state index is 13.0. The van der Waals surface area contributed by atoms with Crippen molar-refractivity contribution in [2.24, 2.45) is 5.92 Å². The molecule has 0 radical (unpaired) electrons. The van der Waals surface area contributed by atoms with Gasteiger partial charge in [-0.05, 0) is 49.1 Å². The predicted octanol–water partition coefficient (Wildman–Crippen LogP) is 3.70. The Morgan fingerprint density at radius 1 is 0.829 bits per heavy atom. The molecule has 35 heavy (non-hydrogen) atoms. The molecule has 0 spiro atoms. The van der Waals surface area contributed by atoms with E-state index in [1.165, 1.54) is 4.31 Å². The Labute approximate surface area is 206 Å². The van der Waals surface area contributed by atoms with E-state index in [-0.39, 0.29) is 35.7 Å².